The van der Waals surface area contributed by atoms with E-state index in [1.165, 1.54) is 36.0 Å². The summed E-state index contributed by atoms with van der Waals surface area (Å²) in [5.41, 5.74) is 1.32. The van der Waals surface area contributed by atoms with Crippen LogP contribution in [0.25, 0.3) is 0 Å². The fourth-order valence-corrected chi connectivity index (χ4v) is 3.91. The molecule has 188 valence electrons. The van der Waals surface area contributed by atoms with E-state index in [9.17, 15) is 18.8 Å². The van der Waals surface area contributed by atoms with Crippen LogP contribution < -0.4 is 10.6 Å². The SMILES string of the molecule is C=CCn1c(CCNC(=O)c2ccc(F)cc2)nnc1SCC(=O)Nc1ccc(C(=O)OCC)cc1. The molecule has 0 atom stereocenters. The molecule has 2 aromatic carbocycles. The molecular weight excluding hydrogens is 485 g/mol. The Morgan fingerprint density at radius 3 is 2.44 bits per heavy atom. The molecule has 0 aliphatic heterocycles. The molecule has 1 aromatic heterocycles. The molecule has 2 N–H and O–H groups in total. The summed E-state index contributed by atoms with van der Waals surface area (Å²) < 4.78 is 19.8. The van der Waals surface area contributed by atoms with Gasteiger partial charge in [0, 0.05) is 30.8 Å². The third-order valence-corrected chi connectivity index (χ3v) is 5.82. The first-order valence-corrected chi connectivity index (χ1v) is 12.2. The summed E-state index contributed by atoms with van der Waals surface area (Å²) >= 11 is 1.22. The maximum Gasteiger partial charge on any atom is 0.338 e. The number of amides is 2. The molecule has 9 nitrogen and oxygen atoms in total. The van der Waals surface area contributed by atoms with E-state index in [-0.39, 0.29) is 24.2 Å². The lowest BCUT2D eigenvalue weighted by molar-refractivity contribution is -0.113. The number of rotatable bonds is 12. The summed E-state index contributed by atoms with van der Waals surface area (Å²) in [7, 11) is 0. The summed E-state index contributed by atoms with van der Waals surface area (Å²) in [5, 5.41) is 14.4. The first-order chi connectivity index (χ1) is 17.4. The van der Waals surface area contributed by atoms with Crippen LogP contribution in [0.15, 0.2) is 66.3 Å². The molecule has 0 radical (unpaired) electrons. The molecule has 36 heavy (non-hydrogen) atoms. The number of anilines is 1. The van der Waals surface area contributed by atoms with E-state index in [0.717, 1.165) is 0 Å². The van der Waals surface area contributed by atoms with Gasteiger partial charge in [-0.15, -0.1) is 16.8 Å². The second-order valence-corrected chi connectivity index (χ2v) is 8.39. The Hall–Kier alpha value is -3.99. The molecule has 1 heterocycles. The van der Waals surface area contributed by atoms with Crippen LogP contribution in [0.3, 0.4) is 0 Å². The van der Waals surface area contributed by atoms with E-state index < -0.39 is 11.8 Å². The Bertz CT molecular complexity index is 1210. The number of hydrogen-bond acceptors (Lipinski definition) is 7. The minimum absolute atomic E-state index is 0.0935. The molecule has 0 aliphatic rings. The lowest BCUT2D eigenvalue weighted by Crippen LogP contribution is -2.26. The van der Waals surface area contributed by atoms with Crippen LogP contribution in [0, 0.1) is 5.82 Å². The smallest absolute Gasteiger partial charge is 0.338 e. The molecule has 0 spiro atoms. The highest BCUT2D eigenvalue weighted by atomic mass is 32.2. The minimum Gasteiger partial charge on any atom is -0.462 e. The zero-order chi connectivity index (χ0) is 25.9. The Morgan fingerprint density at radius 2 is 1.78 bits per heavy atom. The molecule has 3 aromatic rings. The van der Waals surface area contributed by atoms with E-state index in [0.29, 0.717) is 47.3 Å². The number of carbonyl (C=O) groups is 3. The Labute approximate surface area is 212 Å². The second-order valence-electron chi connectivity index (χ2n) is 7.45. The van der Waals surface area contributed by atoms with Gasteiger partial charge in [-0.25, -0.2) is 9.18 Å². The van der Waals surface area contributed by atoms with Crippen LogP contribution in [0.4, 0.5) is 10.1 Å². The first kappa shape index (κ1) is 26.6. The number of benzene rings is 2. The molecule has 0 saturated heterocycles. The highest BCUT2D eigenvalue weighted by Crippen LogP contribution is 2.18. The van der Waals surface area contributed by atoms with Gasteiger partial charge in [0.15, 0.2) is 5.16 Å². The van der Waals surface area contributed by atoms with Gasteiger partial charge in [-0.3, -0.25) is 9.59 Å². The van der Waals surface area contributed by atoms with Crippen molar-refractivity contribution >= 4 is 35.2 Å². The van der Waals surface area contributed by atoms with Crippen molar-refractivity contribution in [3.63, 3.8) is 0 Å². The number of allylic oxidation sites excluding steroid dienone is 1. The van der Waals surface area contributed by atoms with Gasteiger partial charge in [0.05, 0.1) is 17.9 Å². The van der Waals surface area contributed by atoms with Crippen molar-refractivity contribution in [2.24, 2.45) is 0 Å². The van der Waals surface area contributed by atoms with Crippen molar-refractivity contribution in [2.75, 3.05) is 24.2 Å². The highest BCUT2D eigenvalue weighted by Gasteiger charge is 2.15. The van der Waals surface area contributed by atoms with Crippen molar-refractivity contribution in [3.05, 3.63) is 84.0 Å². The molecular formula is C25H26FN5O4S. The third kappa shape index (κ3) is 7.51. The highest BCUT2D eigenvalue weighted by molar-refractivity contribution is 7.99. The first-order valence-electron chi connectivity index (χ1n) is 11.2. The van der Waals surface area contributed by atoms with Gasteiger partial charge in [-0.05, 0) is 55.5 Å². The van der Waals surface area contributed by atoms with Crippen molar-refractivity contribution in [2.45, 2.75) is 25.0 Å². The lowest BCUT2D eigenvalue weighted by Gasteiger charge is -2.09. The average molecular weight is 512 g/mol. The summed E-state index contributed by atoms with van der Waals surface area (Å²) in [6.07, 6.45) is 2.10. The predicted molar refractivity (Wildman–Crippen MR) is 134 cm³/mol. The Balaban J connectivity index is 1.52. The van der Waals surface area contributed by atoms with Crippen LogP contribution in [0.2, 0.25) is 0 Å². The van der Waals surface area contributed by atoms with E-state index >= 15 is 0 Å². The second kappa shape index (κ2) is 13.2. The van der Waals surface area contributed by atoms with Crippen molar-refractivity contribution in [1.29, 1.82) is 0 Å². The number of halogens is 1. The standard InChI is InChI=1S/C25H26FN5O4S/c1-3-15-31-21(13-14-27-23(33)17-5-9-19(26)10-6-17)29-30-25(31)36-16-22(32)28-20-11-7-18(8-12-20)24(34)35-4-2/h3,5-12H,1,4,13-16H2,2H3,(H,27,33)(H,28,32). The zero-order valence-electron chi connectivity index (χ0n) is 19.7. The molecule has 0 fully saturated rings. The minimum atomic E-state index is -0.418. The zero-order valence-corrected chi connectivity index (χ0v) is 20.5. The van der Waals surface area contributed by atoms with Gasteiger partial charge in [-0.1, -0.05) is 17.8 Å². The van der Waals surface area contributed by atoms with Crippen molar-refractivity contribution in [1.82, 2.24) is 20.1 Å². The van der Waals surface area contributed by atoms with Gasteiger partial charge in [0.25, 0.3) is 5.91 Å². The maximum atomic E-state index is 13.0. The van der Waals surface area contributed by atoms with Gasteiger partial charge in [0.2, 0.25) is 5.91 Å². The van der Waals surface area contributed by atoms with E-state index in [4.69, 9.17) is 4.74 Å². The summed E-state index contributed by atoms with van der Waals surface area (Å²) in [4.78, 5) is 36.4. The van der Waals surface area contributed by atoms with Crippen LogP contribution in [-0.4, -0.2) is 51.5 Å². The quantitative estimate of drug-likeness (QED) is 0.217. The Morgan fingerprint density at radius 1 is 1.08 bits per heavy atom. The Kier molecular flexibility index (Phi) is 9.75. The molecule has 0 aliphatic carbocycles. The maximum absolute atomic E-state index is 13.0. The van der Waals surface area contributed by atoms with Gasteiger partial charge in [0.1, 0.15) is 11.6 Å². The summed E-state index contributed by atoms with van der Waals surface area (Å²) in [6.45, 7) is 6.52. The number of ether oxygens (including phenoxy) is 1. The number of esters is 1. The van der Waals surface area contributed by atoms with Crippen LogP contribution >= 0.6 is 11.8 Å². The van der Waals surface area contributed by atoms with Crippen molar-refractivity contribution in [3.8, 4) is 0 Å². The number of nitrogens with zero attached hydrogens (tertiary/aromatic N) is 3. The fourth-order valence-electron chi connectivity index (χ4n) is 3.15. The number of thioether (sulfide) groups is 1. The number of nitrogens with one attached hydrogen (secondary N) is 2. The normalized spacial score (nSPS) is 10.5. The largest absolute Gasteiger partial charge is 0.462 e. The van der Waals surface area contributed by atoms with E-state index in [1.807, 2.05) is 4.57 Å². The predicted octanol–water partition coefficient (Wildman–Crippen LogP) is 3.48. The average Bonchev–Trinajstić information content (AvgIpc) is 3.25. The summed E-state index contributed by atoms with van der Waals surface area (Å²) in [5.74, 6) is -0.660. The van der Waals surface area contributed by atoms with Gasteiger partial charge < -0.3 is 19.9 Å². The van der Waals surface area contributed by atoms with Crippen LogP contribution in [0.5, 0.6) is 0 Å². The molecule has 0 saturated carbocycles. The molecule has 11 heteroatoms. The number of hydrogen-bond donors (Lipinski definition) is 2. The topological polar surface area (TPSA) is 115 Å². The van der Waals surface area contributed by atoms with Crippen LogP contribution in [-0.2, 0) is 22.5 Å². The fraction of sp³-hybridized carbons (Fsp3) is 0.240. The van der Waals surface area contributed by atoms with E-state index in [1.54, 1.807) is 37.3 Å². The monoisotopic (exact) mass is 511 g/mol. The number of aromatic nitrogens is 3. The lowest BCUT2D eigenvalue weighted by atomic mass is 10.2. The van der Waals surface area contributed by atoms with Crippen LogP contribution in [0.1, 0.15) is 33.5 Å². The molecule has 2 amide bonds. The third-order valence-electron chi connectivity index (χ3n) is 4.86. The van der Waals surface area contributed by atoms with Gasteiger partial charge >= 0.3 is 5.97 Å². The molecule has 0 bridgehead atoms. The molecule has 3 rings (SSSR count). The summed E-state index contributed by atoms with van der Waals surface area (Å²) in [6, 6.07) is 11.7. The van der Waals surface area contributed by atoms with E-state index in [2.05, 4.69) is 27.4 Å². The van der Waals surface area contributed by atoms with Gasteiger partial charge in [-0.2, -0.15) is 0 Å². The number of carbonyl (C=O) groups excluding carboxylic acids is 3. The molecule has 0 unspecified atom stereocenters. The van der Waals surface area contributed by atoms with Crippen molar-refractivity contribution < 1.29 is 23.5 Å².